The lowest BCUT2D eigenvalue weighted by atomic mass is 10.1. The van der Waals surface area contributed by atoms with Crippen molar-refractivity contribution in [2.24, 2.45) is 0 Å². The van der Waals surface area contributed by atoms with Crippen LogP contribution in [0, 0.1) is 0 Å². The first-order chi connectivity index (χ1) is 11.9. The molecule has 2 aromatic carbocycles. The molecule has 0 radical (unpaired) electrons. The third kappa shape index (κ3) is 3.25. The van der Waals surface area contributed by atoms with Gasteiger partial charge in [-0.3, -0.25) is 0 Å². The van der Waals surface area contributed by atoms with E-state index >= 15 is 0 Å². The molecule has 0 saturated heterocycles. The Morgan fingerprint density at radius 2 is 1.71 bits per heavy atom. The fourth-order valence-corrected chi connectivity index (χ4v) is 3.12. The van der Waals surface area contributed by atoms with E-state index in [-0.39, 0.29) is 0 Å². The number of nitrogens with zero attached hydrogens (tertiary/aromatic N) is 2. The van der Waals surface area contributed by atoms with E-state index in [2.05, 4.69) is 64.6 Å². The lowest BCUT2D eigenvalue weighted by Gasteiger charge is -2.22. The van der Waals surface area contributed by atoms with Crippen LogP contribution in [0.5, 0.6) is 0 Å². The zero-order valence-electron chi connectivity index (χ0n) is 13.7. The molecule has 1 N–H and O–H groups in total. The Kier molecular flexibility index (Phi) is 4.15. The van der Waals surface area contributed by atoms with Crippen LogP contribution in [0.2, 0.25) is 0 Å². The Morgan fingerprint density at radius 3 is 2.50 bits per heavy atom. The number of imidazole rings is 1. The van der Waals surface area contributed by atoms with Gasteiger partial charge in [-0.1, -0.05) is 60.7 Å². The van der Waals surface area contributed by atoms with Crippen LogP contribution in [-0.2, 0) is 13.0 Å². The number of H-pyrrole nitrogens is 1. The molecule has 1 aliphatic rings. The highest BCUT2D eigenvalue weighted by Gasteiger charge is 2.15. The largest absolute Gasteiger partial charge is 0.371 e. The summed E-state index contributed by atoms with van der Waals surface area (Å²) < 4.78 is 0. The first-order valence-electron chi connectivity index (χ1n) is 8.49. The van der Waals surface area contributed by atoms with E-state index < -0.39 is 0 Å². The van der Waals surface area contributed by atoms with Gasteiger partial charge in [-0.2, -0.15) is 0 Å². The fourth-order valence-electron chi connectivity index (χ4n) is 3.12. The van der Waals surface area contributed by atoms with Gasteiger partial charge in [0, 0.05) is 18.3 Å². The van der Waals surface area contributed by atoms with Crippen molar-refractivity contribution in [3.63, 3.8) is 0 Å². The average Bonchev–Trinajstić information content (AvgIpc) is 3.07. The summed E-state index contributed by atoms with van der Waals surface area (Å²) in [7, 11) is 0. The van der Waals surface area contributed by atoms with Crippen LogP contribution in [0.4, 0.5) is 0 Å². The molecule has 0 bridgehead atoms. The maximum absolute atomic E-state index is 4.79. The van der Waals surface area contributed by atoms with Crippen LogP contribution in [0.25, 0.3) is 17.5 Å². The monoisotopic (exact) mass is 315 g/mol. The van der Waals surface area contributed by atoms with Gasteiger partial charge in [0.2, 0.25) is 0 Å². The molecule has 1 aromatic heterocycles. The van der Waals surface area contributed by atoms with Gasteiger partial charge in [-0.25, -0.2) is 4.98 Å². The highest BCUT2D eigenvalue weighted by Crippen LogP contribution is 2.23. The summed E-state index contributed by atoms with van der Waals surface area (Å²) in [6, 6.07) is 21.0. The topological polar surface area (TPSA) is 31.9 Å². The number of rotatable bonds is 5. The normalized spacial score (nSPS) is 13.1. The molecular formula is C21H21N3. The average molecular weight is 315 g/mol. The first kappa shape index (κ1) is 14.8. The molecule has 3 heteroatoms. The third-order valence-electron chi connectivity index (χ3n) is 4.42. The lowest BCUT2D eigenvalue weighted by Crippen LogP contribution is -2.21. The smallest absolute Gasteiger partial charge is 0.138 e. The summed E-state index contributed by atoms with van der Waals surface area (Å²) >= 11 is 0. The third-order valence-corrected chi connectivity index (χ3v) is 4.42. The van der Waals surface area contributed by atoms with E-state index in [1.54, 1.807) is 0 Å². The highest BCUT2D eigenvalue weighted by atomic mass is 15.1. The molecule has 0 saturated carbocycles. The number of benzene rings is 2. The number of aromatic nitrogens is 2. The van der Waals surface area contributed by atoms with E-state index in [0.29, 0.717) is 0 Å². The van der Waals surface area contributed by atoms with Gasteiger partial charge in [0.15, 0.2) is 0 Å². The van der Waals surface area contributed by atoms with Crippen LogP contribution < -0.4 is 0 Å². The van der Waals surface area contributed by atoms with Crippen molar-refractivity contribution in [1.82, 2.24) is 14.9 Å². The minimum atomic E-state index is 0.879. The number of aromatic amines is 1. The number of aryl methyl sites for hydroxylation is 1. The van der Waals surface area contributed by atoms with Gasteiger partial charge in [-0.15, -0.1) is 0 Å². The summed E-state index contributed by atoms with van der Waals surface area (Å²) in [5, 5.41) is 0. The van der Waals surface area contributed by atoms with Gasteiger partial charge in [-0.05, 0) is 24.5 Å². The second-order valence-electron chi connectivity index (χ2n) is 6.19. The molecule has 0 fully saturated rings. The number of hydrogen-bond acceptors (Lipinski definition) is 2. The molecule has 4 rings (SSSR count). The molecule has 3 nitrogen and oxygen atoms in total. The van der Waals surface area contributed by atoms with E-state index in [1.165, 1.54) is 5.56 Å². The fraction of sp³-hybridized carbons (Fsp3) is 0.190. The minimum absolute atomic E-state index is 0.879. The Balaban J connectivity index is 1.38. The predicted octanol–water partition coefficient (Wildman–Crippen LogP) is 4.50. The van der Waals surface area contributed by atoms with Gasteiger partial charge in [0.1, 0.15) is 5.82 Å². The standard InChI is InChI=1S/C21H21N3/c1-3-8-17(9-4-1)10-7-14-24-15-13-19-20(16-24)23-21(22-19)18-11-5-2-6-12-18/h1-6,8-9,11-13,15H,7,10,14,16H2,(H,22,23). The Morgan fingerprint density at radius 1 is 0.958 bits per heavy atom. The molecular weight excluding hydrogens is 294 g/mol. The van der Waals surface area contributed by atoms with E-state index in [0.717, 1.165) is 48.7 Å². The second kappa shape index (κ2) is 6.75. The Bertz CT molecular complexity index is 819. The van der Waals surface area contributed by atoms with Crippen molar-refractivity contribution in [3.8, 4) is 11.4 Å². The van der Waals surface area contributed by atoms with Crippen molar-refractivity contribution in [1.29, 1.82) is 0 Å². The number of fused-ring (bicyclic) bond motifs is 1. The summed E-state index contributed by atoms with van der Waals surface area (Å²) in [6.45, 7) is 1.93. The Hall–Kier alpha value is -2.81. The first-order valence-corrected chi connectivity index (χ1v) is 8.49. The van der Waals surface area contributed by atoms with E-state index in [4.69, 9.17) is 4.98 Å². The predicted molar refractivity (Wildman–Crippen MR) is 98.2 cm³/mol. The number of nitrogens with one attached hydrogen (secondary N) is 1. The van der Waals surface area contributed by atoms with E-state index in [1.807, 2.05) is 18.2 Å². The van der Waals surface area contributed by atoms with Crippen LogP contribution >= 0.6 is 0 Å². The van der Waals surface area contributed by atoms with Crippen molar-refractivity contribution >= 4 is 6.08 Å². The van der Waals surface area contributed by atoms with Crippen molar-refractivity contribution < 1.29 is 0 Å². The maximum Gasteiger partial charge on any atom is 0.138 e. The highest BCUT2D eigenvalue weighted by molar-refractivity contribution is 5.60. The number of hydrogen-bond donors (Lipinski definition) is 1. The molecule has 0 atom stereocenters. The summed E-state index contributed by atoms with van der Waals surface area (Å²) in [4.78, 5) is 10.6. The summed E-state index contributed by atoms with van der Waals surface area (Å²) in [5.74, 6) is 0.955. The van der Waals surface area contributed by atoms with Gasteiger partial charge < -0.3 is 9.88 Å². The SMILES string of the molecule is C1=CN(CCCc2ccccc2)Cc2nc(-c3ccccc3)[nH]c21. The second-order valence-corrected chi connectivity index (χ2v) is 6.19. The minimum Gasteiger partial charge on any atom is -0.371 e. The molecule has 0 aliphatic carbocycles. The molecule has 0 amide bonds. The van der Waals surface area contributed by atoms with Crippen molar-refractivity contribution in [2.45, 2.75) is 19.4 Å². The molecule has 2 heterocycles. The Labute approximate surface area is 142 Å². The van der Waals surface area contributed by atoms with Crippen LogP contribution in [0.1, 0.15) is 23.4 Å². The molecule has 1 aliphatic heterocycles. The summed E-state index contributed by atoms with van der Waals surface area (Å²) in [6.07, 6.45) is 6.59. The maximum atomic E-state index is 4.79. The zero-order valence-corrected chi connectivity index (χ0v) is 13.7. The molecule has 0 unspecified atom stereocenters. The van der Waals surface area contributed by atoms with Gasteiger partial charge in [0.25, 0.3) is 0 Å². The van der Waals surface area contributed by atoms with E-state index in [9.17, 15) is 0 Å². The lowest BCUT2D eigenvalue weighted by molar-refractivity contribution is 0.356. The van der Waals surface area contributed by atoms with Gasteiger partial charge in [0.05, 0.1) is 17.9 Å². The van der Waals surface area contributed by atoms with Gasteiger partial charge >= 0.3 is 0 Å². The molecule has 3 aromatic rings. The molecule has 0 spiro atoms. The van der Waals surface area contributed by atoms with Crippen LogP contribution in [0.15, 0.2) is 66.9 Å². The quantitative estimate of drug-likeness (QED) is 0.752. The molecule has 120 valence electrons. The van der Waals surface area contributed by atoms with Crippen molar-refractivity contribution in [2.75, 3.05) is 6.54 Å². The molecule has 24 heavy (non-hydrogen) atoms. The zero-order chi connectivity index (χ0) is 16.2. The van der Waals surface area contributed by atoms with Crippen LogP contribution in [-0.4, -0.2) is 21.4 Å². The van der Waals surface area contributed by atoms with Crippen molar-refractivity contribution in [3.05, 3.63) is 83.8 Å². The van der Waals surface area contributed by atoms with Crippen LogP contribution in [0.3, 0.4) is 0 Å². The summed E-state index contributed by atoms with van der Waals surface area (Å²) in [5.41, 5.74) is 4.81.